The molecule has 0 saturated carbocycles. The smallest absolute Gasteiger partial charge is 0.233 e. The van der Waals surface area contributed by atoms with Gasteiger partial charge in [-0.2, -0.15) is 0 Å². The second-order valence-electron chi connectivity index (χ2n) is 4.45. The topological polar surface area (TPSA) is 43.1 Å². The molecule has 0 amide bonds. The Balaban J connectivity index is 1.88. The number of imidazole rings is 1. The number of aromatic nitrogens is 4. The normalized spacial score (nSPS) is 13.0. The predicted octanol–water partition coefficient (Wildman–Crippen LogP) is 2.84. The highest BCUT2D eigenvalue weighted by Crippen LogP contribution is 2.24. The van der Waals surface area contributed by atoms with Crippen LogP contribution in [0.15, 0.2) is 30.9 Å². The molecular weight excluding hydrogens is 244 g/mol. The molecule has 0 aromatic carbocycles. The highest BCUT2D eigenvalue weighted by Gasteiger charge is 2.13. The van der Waals surface area contributed by atoms with Crippen molar-refractivity contribution in [3.8, 4) is 0 Å². The Morgan fingerprint density at radius 3 is 2.94 bits per heavy atom. The summed E-state index contributed by atoms with van der Waals surface area (Å²) in [4.78, 5) is 14.2. The highest BCUT2D eigenvalue weighted by molar-refractivity contribution is 7.11. The van der Waals surface area contributed by atoms with Gasteiger partial charge in [-0.05, 0) is 19.4 Å². The summed E-state index contributed by atoms with van der Waals surface area (Å²) >= 11 is 1.77. The Morgan fingerprint density at radius 2 is 2.17 bits per heavy atom. The summed E-state index contributed by atoms with van der Waals surface area (Å²) < 4.78 is 2.04. The van der Waals surface area contributed by atoms with Crippen molar-refractivity contribution in [2.45, 2.75) is 26.2 Å². The zero-order valence-corrected chi connectivity index (χ0v) is 11.2. The lowest BCUT2D eigenvalue weighted by Crippen LogP contribution is -2.01. The van der Waals surface area contributed by atoms with E-state index < -0.39 is 0 Å². The first-order valence-corrected chi connectivity index (χ1v) is 6.75. The molecule has 0 saturated heterocycles. The van der Waals surface area contributed by atoms with Gasteiger partial charge >= 0.3 is 0 Å². The molecule has 3 aromatic heterocycles. The zero-order valence-electron chi connectivity index (χ0n) is 10.4. The maximum atomic E-state index is 4.45. The number of hydrogen-bond donors (Lipinski definition) is 0. The van der Waals surface area contributed by atoms with Crippen LogP contribution < -0.4 is 0 Å². The first-order valence-electron chi connectivity index (χ1n) is 5.93. The summed E-state index contributed by atoms with van der Waals surface area (Å²) in [6.45, 7) is 4.29. The molecule has 0 fully saturated rings. The van der Waals surface area contributed by atoms with Gasteiger partial charge in [-0.1, -0.05) is 6.92 Å². The van der Waals surface area contributed by atoms with E-state index in [4.69, 9.17) is 0 Å². The molecule has 4 nitrogen and oxygen atoms in total. The number of hydrogen-bond acceptors (Lipinski definition) is 4. The maximum Gasteiger partial charge on any atom is 0.233 e. The number of thiazole rings is 1. The fraction of sp³-hybridized carbons (Fsp3) is 0.308. The fourth-order valence-corrected chi connectivity index (χ4v) is 2.85. The molecule has 18 heavy (non-hydrogen) atoms. The highest BCUT2D eigenvalue weighted by atomic mass is 32.1. The Morgan fingerprint density at radius 1 is 1.28 bits per heavy atom. The number of rotatable bonds is 3. The van der Waals surface area contributed by atoms with E-state index in [0.29, 0.717) is 5.92 Å². The monoisotopic (exact) mass is 258 g/mol. The summed E-state index contributed by atoms with van der Waals surface area (Å²) in [5.41, 5.74) is 1.18. The molecule has 0 spiro atoms. The molecule has 3 rings (SSSR count). The molecule has 1 atom stereocenters. The van der Waals surface area contributed by atoms with Crippen LogP contribution >= 0.6 is 11.3 Å². The molecule has 1 unspecified atom stereocenters. The van der Waals surface area contributed by atoms with Gasteiger partial charge in [0, 0.05) is 35.1 Å². The minimum atomic E-state index is 0.406. The minimum Gasteiger partial charge on any atom is -0.288 e. The number of nitrogens with zero attached hydrogens (tertiary/aromatic N) is 4. The molecular formula is C13H14N4S. The van der Waals surface area contributed by atoms with E-state index in [1.807, 2.05) is 29.1 Å². The lowest BCUT2D eigenvalue weighted by atomic mass is 10.1. The van der Waals surface area contributed by atoms with Gasteiger partial charge in [0.2, 0.25) is 5.78 Å². The van der Waals surface area contributed by atoms with Crippen LogP contribution in [0, 0.1) is 6.92 Å². The predicted molar refractivity (Wildman–Crippen MR) is 72.0 cm³/mol. The van der Waals surface area contributed by atoms with Crippen LogP contribution in [-0.2, 0) is 6.42 Å². The van der Waals surface area contributed by atoms with Crippen molar-refractivity contribution in [2.24, 2.45) is 0 Å². The molecule has 3 aromatic rings. The zero-order chi connectivity index (χ0) is 12.5. The molecule has 0 N–H and O–H groups in total. The van der Waals surface area contributed by atoms with Gasteiger partial charge in [0.25, 0.3) is 0 Å². The van der Waals surface area contributed by atoms with Crippen LogP contribution in [-0.4, -0.2) is 19.4 Å². The second-order valence-corrected chi connectivity index (χ2v) is 5.72. The summed E-state index contributed by atoms with van der Waals surface area (Å²) in [7, 11) is 0. The van der Waals surface area contributed by atoms with Crippen LogP contribution in [0.5, 0.6) is 0 Å². The molecule has 0 aliphatic heterocycles. The first-order chi connectivity index (χ1) is 8.74. The quantitative estimate of drug-likeness (QED) is 0.725. The van der Waals surface area contributed by atoms with E-state index in [1.165, 1.54) is 15.6 Å². The SMILES string of the molecule is Cc1cnc(C(C)Cc2cnc3ncccn23)s1. The van der Waals surface area contributed by atoms with Gasteiger partial charge in [0.1, 0.15) is 0 Å². The van der Waals surface area contributed by atoms with Gasteiger partial charge < -0.3 is 0 Å². The van der Waals surface area contributed by atoms with E-state index in [9.17, 15) is 0 Å². The summed E-state index contributed by atoms with van der Waals surface area (Å²) in [5.74, 6) is 1.17. The molecule has 0 bridgehead atoms. The third kappa shape index (κ3) is 2.01. The van der Waals surface area contributed by atoms with Crippen molar-refractivity contribution in [1.29, 1.82) is 0 Å². The largest absolute Gasteiger partial charge is 0.288 e. The van der Waals surface area contributed by atoms with Crippen molar-refractivity contribution in [2.75, 3.05) is 0 Å². The standard InChI is InChI=1S/C13H14N4S/c1-9(12-15-7-10(2)18-12)6-11-8-16-13-14-4-3-5-17(11)13/h3-5,7-9H,6H2,1-2H3. The maximum absolute atomic E-state index is 4.45. The number of aryl methyl sites for hydroxylation is 1. The van der Waals surface area contributed by atoms with Crippen molar-refractivity contribution >= 4 is 17.1 Å². The van der Waals surface area contributed by atoms with Crippen LogP contribution in [0.1, 0.15) is 28.4 Å². The van der Waals surface area contributed by atoms with Crippen LogP contribution in [0.25, 0.3) is 5.78 Å². The lowest BCUT2D eigenvalue weighted by molar-refractivity contribution is 0.727. The third-order valence-corrected chi connectivity index (χ3v) is 4.09. The Kier molecular flexibility index (Phi) is 2.83. The molecule has 0 aliphatic rings. The average molecular weight is 258 g/mol. The molecule has 3 heterocycles. The third-order valence-electron chi connectivity index (χ3n) is 2.94. The first kappa shape index (κ1) is 11.3. The van der Waals surface area contributed by atoms with Crippen molar-refractivity contribution in [3.05, 3.63) is 46.4 Å². The van der Waals surface area contributed by atoms with E-state index >= 15 is 0 Å². The average Bonchev–Trinajstić information content (AvgIpc) is 2.97. The molecule has 0 aliphatic carbocycles. The molecule has 92 valence electrons. The fourth-order valence-electron chi connectivity index (χ4n) is 2.03. The van der Waals surface area contributed by atoms with Gasteiger partial charge in [0.15, 0.2) is 0 Å². The van der Waals surface area contributed by atoms with E-state index in [0.717, 1.165) is 12.2 Å². The van der Waals surface area contributed by atoms with E-state index in [2.05, 4.69) is 28.8 Å². The van der Waals surface area contributed by atoms with Crippen molar-refractivity contribution in [3.63, 3.8) is 0 Å². The summed E-state index contributed by atoms with van der Waals surface area (Å²) in [5, 5.41) is 1.19. The van der Waals surface area contributed by atoms with Crippen LogP contribution in [0.2, 0.25) is 0 Å². The van der Waals surface area contributed by atoms with E-state index in [1.54, 1.807) is 17.5 Å². The van der Waals surface area contributed by atoms with Gasteiger partial charge in [-0.3, -0.25) is 4.40 Å². The molecule has 0 radical (unpaired) electrons. The minimum absolute atomic E-state index is 0.406. The Hall–Kier alpha value is -1.75. The number of fused-ring (bicyclic) bond motifs is 1. The van der Waals surface area contributed by atoms with Crippen molar-refractivity contribution < 1.29 is 0 Å². The Labute approximate surface area is 109 Å². The van der Waals surface area contributed by atoms with Gasteiger partial charge in [-0.25, -0.2) is 15.0 Å². The Bertz CT molecular complexity index is 670. The van der Waals surface area contributed by atoms with Crippen molar-refractivity contribution in [1.82, 2.24) is 19.4 Å². The lowest BCUT2D eigenvalue weighted by Gasteiger charge is -2.07. The summed E-state index contributed by atoms with van der Waals surface area (Å²) in [6, 6.07) is 1.93. The summed E-state index contributed by atoms with van der Waals surface area (Å²) in [6.07, 6.45) is 8.54. The second kappa shape index (κ2) is 4.49. The van der Waals surface area contributed by atoms with Crippen LogP contribution in [0.4, 0.5) is 0 Å². The molecule has 5 heteroatoms. The van der Waals surface area contributed by atoms with Crippen LogP contribution in [0.3, 0.4) is 0 Å². The van der Waals surface area contributed by atoms with E-state index in [-0.39, 0.29) is 0 Å². The van der Waals surface area contributed by atoms with Gasteiger partial charge in [-0.15, -0.1) is 11.3 Å². The van der Waals surface area contributed by atoms with Gasteiger partial charge in [0.05, 0.1) is 11.2 Å².